The highest BCUT2D eigenvalue weighted by atomic mass is 16.5. The van der Waals surface area contributed by atoms with Crippen LogP contribution in [0.5, 0.6) is 0 Å². The topological polar surface area (TPSA) is 64.4 Å². The van der Waals surface area contributed by atoms with E-state index < -0.39 is 0 Å². The lowest BCUT2D eigenvalue weighted by Gasteiger charge is -2.33. The Kier molecular flexibility index (Phi) is 2.51. The largest absolute Gasteiger partial charge is 0.377 e. The average Bonchev–Trinajstić information content (AvgIpc) is 1.92. The van der Waals surface area contributed by atoms with Crippen molar-refractivity contribution in [3.05, 3.63) is 0 Å². The zero-order chi connectivity index (χ0) is 9.26. The lowest BCUT2D eigenvalue weighted by Crippen LogP contribution is -2.55. The van der Waals surface area contributed by atoms with Crippen molar-refractivity contribution in [2.45, 2.75) is 31.3 Å². The van der Waals surface area contributed by atoms with E-state index in [2.05, 4.69) is 5.32 Å². The summed E-state index contributed by atoms with van der Waals surface area (Å²) < 4.78 is 4.96. The van der Waals surface area contributed by atoms with Gasteiger partial charge in [0.15, 0.2) is 0 Å². The van der Waals surface area contributed by atoms with Gasteiger partial charge in [0.1, 0.15) is 0 Å². The molecule has 1 amide bonds. The number of ether oxygens (including phenoxy) is 1. The minimum Gasteiger partial charge on any atom is -0.377 e. The van der Waals surface area contributed by atoms with E-state index in [0.717, 1.165) is 12.8 Å². The molecule has 1 heterocycles. The molecule has 1 aliphatic heterocycles. The molecule has 1 saturated heterocycles. The second-order valence-electron chi connectivity index (χ2n) is 3.96. The fourth-order valence-electron chi connectivity index (χ4n) is 1.63. The van der Waals surface area contributed by atoms with Gasteiger partial charge in [-0.3, -0.25) is 4.79 Å². The predicted octanol–water partition coefficient (Wildman–Crippen LogP) is -0.371. The molecule has 1 unspecified atom stereocenters. The molecule has 74 valence electrons. The Morgan fingerprint density at radius 1 is 1.46 bits per heavy atom. The van der Waals surface area contributed by atoms with Crippen LogP contribution in [-0.2, 0) is 9.53 Å². The van der Waals surface area contributed by atoms with Gasteiger partial charge in [-0.15, -0.1) is 0 Å². The van der Waals surface area contributed by atoms with Gasteiger partial charge >= 0.3 is 0 Å². The minimum absolute atomic E-state index is 0.00185. The number of carbonyl (C=O) groups excluding carboxylic acids is 1. The predicted molar refractivity (Wildman–Crippen MR) is 48.1 cm³/mol. The third-order valence-electron chi connectivity index (χ3n) is 2.94. The third kappa shape index (κ3) is 1.84. The molecule has 2 fully saturated rings. The molecule has 0 radical (unpaired) electrons. The summed E-state index contributed by atoms with van der Waals surface area (Å²) in [6, 6.07) is -0.0898. The molecule has 4 heteroatoms. The number of rotatable bonds is 3. The molecule has 3 N–H and O–H groups in total. The SMILES string of the molecule is NC(C(=O)NC1COC1)C1CCC1. The summed E-state index contributed by atoms with van der Waals surface area (Å²) in [5.41, 5.74) is 5.80. The molecule has 1 saturated carbocycles. The molecule has 1 aliphatic carbocycles. The zero-order valence-corrected chi connectivity index (χ0v) is 7.66. The van der Waals surface area contributed by atoms with Crippen LogP contribution in [0.25, 0.3) is 0 Å². The van der Waals surface area contributed by atoms with Crippen LogP contribution in [0.1, 0.15) is 19.3 Å². The van der Waals surface area contributed by atoms with Crippen LogP contribution in [0.4, 0.5) is 0 Å². The van der Waals surface area contributed by atoms with Crippen LogP contribution >= 0.6 is 0 Å². The molecule has 2 aliphatic rings. The van der Waals surface area contributed by atoms with E-state index >= 15 is 0 Å². The summed E-state index contributed by atoms with van der Waals surface area (Å²) in [6.45, 7) is 1.28. The summed E-state index contributed by atoms with van der Waals surface area (Å²) in [5, 5.41) is 2.88. The van der Waals surface area contributed by atoms with Gasteiger partial charge in [-0.05, 0) is 18.8 Å². The zero-order valence-electron chi connectivity index (χ0n) is 7.66. The molecule has 0 bridgehead atoms. The van der Waals surface area contributed by atoms with Crippen LogP contribution < -0.4 is 11.1 Å². The molecule has 0 aromatic heterocycles. The smallest absolute Gasteiger partial charge is 0.237 e. The third-order valence-corrected chi connectivity index (χ3v) is 2.94. The summed E-state index contributed by atoms with van der Waals surface area (Å²) in [6.07, 6.45) is 3.43. The number of hydrogen-bond donors (Lipinski definition) is 2. The maximum Gasteiger partial charge on any atom is 0.237 e. The highest BCUT2D eigenvalue weighted by Gasteiger charge is 2.31. The van der Waals surface area contributed by atoms with E-state index in [1.54, 1.807) is 0 Å². The Bertz CT molecular complexity index is 200. The quantitative estimate of drug-likeness (QED) is 0.629. The van der Waals surface area contributed by atoms with Crippen LogP contribution in [0.2, 0.25) is 0 Å². The Balaban J connectivity index is 1.74. The van der Waals surface area contributed by atoms with Crippen molar-refractivity contribution in [3.8, 4) is 0 Å². The Morgan fingerprint density at radius 2 is 2.15 bits per heavy atom. The van der Waals surface area contributed by atoms with Gasteiger partial charge < -0.3 is 15.8 Å². The fraction of sp³-hybridized carbons (Fsp3) is 0.889. The first kappa shape index (κ1) is 8.97. The number of nitrogens with one attached hydrogen (secondary N) is 1. The standard InChI is InChI=1S/C9H16N2O2/c10-8(6-2-1-3-6)9(12)11-7-4-13-5-7/h6-8H,1-5,10H2,(H,11,12). The Labute approximate surface area is 77.8 Å². The van der Waals surface area contributed by atoms with Gasteiger partial charge in [-0.1, -0.05) is 6.42 Å². The molecular weight excluding hydrogens is 168 g/mol. The number of hydrogen-bond acceptors (Lipinski definition) is 3. The van der Waals surface area contributed by atoms with Crippen LogP contribution in [0.15, 0.2) is 0 Å². The van der Waals surface area contributed by atoms with E-state index in [1.807, 2.05) is 0 Å². The van der Waals surface area contributed by atoms with Crippen LogP contribution in [0.3, 0.4) is 0 Å². The van der Waals surface area contributed by atoms with Gasteiger partial charge in [0.25, 0.3) is 0 Å². The van der Waals surface area contributed by atoms with Gasteiger partial charge in [0.05, 0.1) is 25.3 Å². The average molecular weight is 184 g/mol. The van der Waals surface area contributed by atoms with E-state index in [9.17, 15) is 4.79 Å². The van der Waals surface area contributed by atoms with Crippen molar-refractivity contribution >= 4 is 5.91 Å². The summed E-state index contributed by atoms with van der Waals surface area (Å²) in [5.74, 6) is 0.416. The molecule has 2 rings (SSSR count). The molecular formula is C9H16N2O2. The Morgan fingerprint density at radius 3 is 2.54 bits per heavy atom. The van der Waals surface area contributed by atoms with Gasteiger partial charge in [0.2, 0.25) is 5.91 Å². The number of carbonyl (C=O) groups is 1. The highest BCUT2D eigenvalue weighted by molar-refractivity contribution is 5.82. The second kappa shape index (κ2) is 3.64. The van der Waals surface area contributed by atoms with E-state index in [0.29, 0.717) is 19.1 Å². The van der Waals surface area contributed by atoms with Gasteiger partial charge in [0, 0.05) is 0 Å². The number of nitrogens with two attached hydrogens (primary N) is 1. The molecule has 0 spiro atoms. The molecule has 4 nitrogen and oxygen atoms in total. The first-order valence-electron chi connectivity index (χ1n) is 4.91. The second-order valence-corrected chi connectivity index (χ2v) is 3.96. The lowest BCUT2D eigenvalue weighted by atomic mass is 9.80. The summed E-state index contributed by atoms with van der Waals surface area (Å²) in [7, 11) is 0. The van der Waals surface area contributed by atoms with Crippen molar-refractivity contribution in [2.75, 3.05) is 13.2 Å². The van der Waals surface area contributed by atoms with Crippen LogP contribution in [0, 0.1) is 5.92 Å². The first-order valence-corrected chi connectivity index (χ1v) is 4.91. The van der Waals surface area contributed by atoms with Crippen LogP contribution in [-0.4, -0.2) is 31.2 Å². The van der Waals surface area contributed by atoms with E-state index in [4.69, 9.17) is 10.5 Å². The highest BCUT2D eigenvalue weighted by Crippen LogP contribution is 2.28. The van der Waals surface area contributed by atoms with E-state index in [1.165, 1.54) is 6.42 Å². The Hall–Kier alpha value is -0.610. The first-order chi connectivity index (χ1) is 6.27. The van der Waals surface area contributed by atoms with Gasteiger partial charge in [-0.2, -0.15) is 0 Å². The normalized spacial score (nSPS) is 25.9. The molecule has 1 atom stereocenters. The monoisotopic (exact) mass is 184 g/mol. The minimum atomic E-state index is -0.297. The number of amides is 1. The van der Waals surface area contributed by atoms with Gasteiger partial charge in [-0.25, -0.2) is 0 Å². The van der Waals surface area contributed by atoms with Crippen molar-refractivity contribution in [1.82, 2.24) is 5.32 Å². The van der Waals surface area contributed by atoms with Crippen molar-refractivity contribution < 1.29 is 9.53 Å². The van der Waals surface area contributed by atoms with Crippen molar-refractivity contribution in [2.24, 2.45) is 11.7 Å². The summed E-state index contributed by atoms with van der Waals surface area (Å²) >= 11 is 0. The molecule has 13 heavy (non-hydrogen) atoms. The summed E-state index contributed by atoms with van der Waals surface area (Å²) in [4.78, 5) is 11.5. The fourth-order valence-corrected chi connectivity index (χ4v) is 1.63. The molecule has 0 aromatic carbocycles. The van der Waals surface area contributed by atoms with E-state index in [-0.39, 0.29) is 18.0 Å². The molecule has 0 aromatic rings. The van der Waals surface area contributed by atoms with Crippen molar-refractivity contribution in [1.29, 1.82) is 0 Å². The van der Waals surface area contributed by atoms with Crippen molar-refractivity contribution in [3.63, 3.8) is 0 Å². The maximum atomic E-state index is 11.5. The maximum absolute atomic E-state index is 11.5. The lowest BCUT2D eigenvalue weighted by molar-refractivity contribution is -0.128.